The van der Waals surface area contributed by atoms with E-state index in [9.17, 15) is 0 Å². The second kappa shape index (κ2) is 5.77. The van der Waals surface area contributed by atoms with Crippen LogP contribution in [0.1, 0.15) is 0 Å². The Morgan fingerprint density at radius 3 is 2.64 bits per heavy atom. The van der Waals surface area contributed by atoms with Crippen LogP contribution in [0.25, 0.3) is 22.8 Å². The lowest BCUT2D eigenvalue weighted by atomic mass is 10.1. The number of ether oxygens (including phenoxy) is 2. The molecule has 1 aromatic heterocycles. The van der Waals surface area contributed by atoms with E-state index in [1.807, 2.05) is 24.3 Å². The zero-order valence-electron chi connectivity index (χ0n) is 12.2. The van der Waals surface area contributed by atoms with Crippen LogP contribution in [0.2, 0.25) is 0 Å². The molecule has 3 aromatic rings. The predicted octanol–water partition coefficient (Wildman–Crippen LogP) is 3.00. The van der Waals surface area contributed by atoms with E-state index >= 15 is 0 Å². The Bertz CT molecular complexity index is 799. The summed E-state index contributed by atoms with van der Waals surface area (Å²) >= 11 is 0. The van der Waals surface area contributed by atoms with Gasteiger partial charge in [-0.3, -0.25) is 0 Å². The highest BCUT2D eigenvalue weighted by Crippen LogP contribution is 2.32. The second-order valence-corrected chi connectivity index (χ2v) is 4.61. The van der Waals surface area contributed by atoms with Crippen LogP contribution in [-0.4, -0.2) is 24.4 Å². The number of aromatic nitrogens is 2. The topological polar surface area (TPSA) is 83.4 Å². The van der Waals surface area contributed by atoms with Gasteiger partial charge in [0.1, 0.15) is 11.5 Å². The van der Waals surface area contributed by atoms with Crippen molar-refractivity contribution in [2.24, 2.45) is 0 Å². The van der Waals surface area contributed by atoms with Crippen molar-refractivity contribution in [2.45, 2.75) is 0 Å². The summed E-state index contributed by atoms with van der Waals surface area (Å²) < 4.78 is 15.8. The molecule has 0 aliphatic heterocycles. The third-order valence-corrected chi connectivity index (χ3v) is 3.21. The van der Waals surface area contributed by atoms with Crippen molar-refractivity contribution in [1.29, 1.82) is 0 Å². The molecule has 0 saturated carbocycles. The van der Waals surface area contributed by atoms with Crippen LogP contribution in [0.4, 0.5) is 5.69 Å². The van der Waals surface area contributed by atoms with E-state index in [0.29, 0.717) is 28.9 Å². The Morgan fingerprint density at radius 1 is 1.05 bits per heavy atom. The molecule has 0 aliphatic rings. The minimum absolute atomic E-state index is 0.403. The standard InChI is InChI=1S/C16H15N3O3/c1-20-12-6-7-13(14(9-12)21-2)15-18-16(22-19-15)10-4-3-5-11(17)8-10/h3-9H,17H2,1-2H3. The largest absolute Gasteiger partial charge is 0.497 e. The maximum absolute atomic E-state index is 5.77. The Labute approximate surface area is 127 Å². The van der Waals surface area contributed by atoms with Crippen molar-refractivity contribution in [2.75, 3.05) is 20.0 Å². The van der Waals surface area contributed by atoms with Crippen LogP contribution in [0, 0.1) is 0 Å². The molecule has 6 heteroatoms. The normalized spacial score (nSPS) is 10.5. The summed E-state index contributed by atoms with van der Waals surface area (Å²) in [6, 6.07) is 12.7. The molecule has 112 valence electrons. The average molecular weight is 297 g/mol. The van der Waals surface area contributed by atoms with Gasteiger partial charge in [0.25, 0.3) is 5.89 Å². The minimum atomic E-state index is 0.403. The van der Waals surface area contributed by atoms with Gasteiger partial charge in [0.2, 0.25) is 5.82 Å². The number of hydrogen-bond donors (Lipinski definition) is 1. The maximum atomic E-state index is 5.77. The van der Waals surface area contributed by atoms with Crippen LogP contribution in [0.15, 0.2) is 47.0 Å². The monoisotopic (exact) mass is 297 g/mol. The second-order valence-electron chi connectivity index (χ2n) is 4.61. The number of benzene rings is 2. The highest BCUT2D eigenvalue weighted by molar-refractivity contribution is 5.68. The Hall–Kier alpha value is -3.02. The van der Waals surface area contributed by atoms with Gasteiger partial charge in [-0.25, -0.2) is 0 Å². The molecule has 0 spiro atoms. The molecular formula is C16H15N3O3. The van der Waals surface area contributed by atoms with Gasteiger partial charge in [-0.1, -0.05) is 11.2 Å². The van der Waals surface area contributed by atoms with Crippen molar-refractivity contribution >= 4 is 5.69 Å². The van der Waals surface area contributed by atoms with Crippen molar-refractivity contribution in [3.8, 4) is 34.3 Å². The number of nitrogens with two attached hydrogens (primary N) is 1. The van der Waals surface area contributed by atoms with Crippen LogP contribution in [0.5, 0.6) is 11.5 Å². The number of nitrogen functional groups attached to an aromatic ring is 1. The molecule has 0 amide bonds. The summed E-state index contributed by atoms with van der Waals surface area (Å²) in [5.41, 5.74) is 7.90. The van der Waals surface area contributed by atoms with E-state index in [2.05, 4.69) is 10.1 Å². The maximum Gasteiger partial charge on any atom is 0.258 e. The van der Waals surface area contributed by atoms with Gasteiger partial charge < -0.3 is 19.7 Å². The Morgan fingerprint density at radius 2 is 1.91 bits per heavy atom. The molecule has 0 bridgehead atoms. The van der Waals surface area contributed by atoms with Crippen LogP contribution >= 0.6 is 0 Å². The lowest BCUT2D eigenvalue weighted by Crippen LogP contribution is -1.91. The first-order valence-corrected chi connectivity index (χ1v) is 6.63. The molecule has 3 rings (SSSR count). The zero-order chi connectivity index (χ0) is 15.5. The average Bonchev–Trinajstić information content (AvgIpc) is 3.04. The number of nitrogens with zero attached hydrogens (tertiary/aromatic N) is 2. The minimum Gasteiger partial charge on any atom is -0.497 e. The molecule has 22 heavy (non-hydrogen) atoms. The van der Waals surface area contributed by atoms with E-state index in [1.165, 1.54) is 0 Å². The molecule has 1 heterocycles. The Kier molecular flexibility index (Phi) is 3.65. The molecule has 0 fully saturated rings. The number of anilines is 1. The molecule has 0 aliphatic carbocycles. The third kappa shape index (κ3) is 2.58. The molecule has 0 radical (unpaired) electrons. The summed E-state index contributed by atoms with van der Waals surface area (Å²) in [4.78, 5) is 4.40. The molecule has 0 atom stereocenters. The predicted molar refractivity (Wildman–Crippen MR) is 82.7 cm³/mol. The van der Waals surface area contributed by atoms with Crippen LogP contribution < -0.4 is 15.2 Å². The van der Waals surface area contributed by atoms with Gasteiger partial charge in [0, 0.05) is 17.3 Å². The number of hydrogen-bond acceptors (Lipinski definition) is 6. The van der Waals surface area contributed by atoms with Gasteiger partial charge in [-0.15, -0.1) is 0 Å². The highest BCUT2D eigenvalue weighted by Gasteiger charge is 2.15. The molecule has 6 nitrogen and oxygen atoms in total. The smallest absolute Gasteiger partial charge is 0.258 e. The summed E-state index contributed by atoms with van der Waals surface area (Å²) in [5, 5.41) is 4.01. The van der Waals surface area contributed by atoms with Gasteiger partial charge >= 0.3 is 0 Å². The lowest BCUT2D eigenvalue weighted by Gasteiger charge is -2.07. The van der Waals surface area contributed by atoms with Crippen molar-refractivity contribution in [3.63, 3.8) is 0 Å². The van der Waals surface area contributed by atoms with E-state index in [-0.39, 0.29) is 0 Å². The Balaban J connectivity index is 2.00. The first kappa shape index (κ1) is 13.9. The van der Waals surface area contributed by atoms with Gasteiger partial charge in [0.15, 0.2) is 0 Å². The molecule has 0 saturated heterocycles. The summed E-state index contributed by atoms with van der Waals surface area (Å²) in [5.74, 6) is 2.15. The number of methoxy groups -OCH3 is 2. The quantitative estimate of drug-likeness (QED) is 0.745. The molecule has 2 aromatic carbocycles. The fourth-order valence-corrected chi connectivity index (χ4v) is 2.11. The van der Waals surface area contributed by atoms with Gasteiger partial charge in [0.05, 0.1) is 19.8 Å². The van der Waals surface area contributed by atoms with E-state index in [1.54, 1.807) is 32.4 Å². The van der Waals surface area contributed by atoms with Crippen LogP contribution in [-0.2, 0) is 0 Å². The zero-order valence-corrected chi connectivity index (χ0v) is 12.2. The molecule has 2 N–H and O–H groups in total. The lowest BCUT2D eigenvalue weighted by molar-refractivity contribution is 0.394. The first-order chi connectivity index (χ1) is 10.7. The SMILES string of the molecule is COc1ccc(-c2noc(-c3cccc(N)c3)n2)c(OC)c1. The van der Waals surface area contributed by atoms with Gasteiger partial charge in [-0.2, -0.15) is 4.98 Å². The molecular weight excluding hydrogens is 282 g/mol. The van der Waals surface area contributed by atoms with E-state index in [0.717, 1.165) is 11.1 Å². The van der Waals surface area contributed by atoms with Crippen molar-refractivity contribution < 1.29 is 14.0 Å². The van der Waals surface area contributed by atoms with E-state index < -0.39 is 0 Å². The highest BCUT2D eigenvalue weighted by atomic mass is 16.5. The summed E-state index contributed by atoms with van der Waals surface area (Å²) in [6.45, 7) is 0. The van der Waals surface area contributed by atoms with Crippen molar-refractivity contribution in [1.82, 2.24) is 10.1 Å². The fraction of sp³-hybridized carbons (Fsp3) is 0.125. The fourth-order valence-electron chi connectivity index (χ4n) is 2.11. The van der Waals surface area contributed by atoms with Crippen molar-refractivity contribution in [3.05, 3.63) is 42.5 Å². The molecule has 0 unspecified atom stereocenters. The summed E-state index contributed by atoms with van der Waals surface area (Å²) in [7, 11) is 3.18. The summed E-state index contributed by atoms with van der Waals surface area (Å²) in [6.07, 6.45) is 0. The number of rotatable bonds is 4. The first-order valence-electron chi connectivity index (χ1n) is 6.63. The van der Waals surface area contributed by atoms with Crippen LogP contribution in [0.3, 0.4) is 0 Å². The van der Waals surface area contributed by atoms with Gasteiger partial charge in [-0.05, 0) is 30.3 Å². The van der Waals surface area contributed by atoms with E-state index in [4.69, 9.17) is 19.7 Å². The third-order valence-electron chi connectivity index (χ3n) is 3.21.